The number of likely N-dealkylation sites (tertiary alicyclic amines) is 1. The van der Waals surface area contributed by atoms with Crippen molar-refractivity contribution in [1.82, 2.24) is 15.1 Å². The predicted octanol–water partition coefficient (Wildman–Crippen LogP) is 2.48. The normalized spacial score (nSPS) is 20.0. The van der Waals surface area contributed by atoms with Crippen molar-refractivity contribution >= 4 is 25.6 Å². The number of piperidine rings is 1. The SMILES string of the molecule is CC(C)c1[nH]nc(C(=O)N2CCCCC2C)c1S(=O)(=O)Cl. The van der Waals surface area contributed by atoms with Crippen LogP contribution in [0.2, 0.25) is 0 Å². The van der Waals surface area contributed by atoms with Gasteiger partial charge in [-0.15, -0.1) is 0 Å². The van der Waals surface area contributed by atoms with Crippen molar-refractivity contribution in [3.63, 3.8) is 0 Å². The average Bonchev–Trinajstić information content (AvgIpc) is 2.83. The number of H-pyrrole nitrogens is 1. The van der Waals surface area contributed by atoms with Crippen LogP contribution < -0.4 is 0 Å². The van der Waals surface area contributed by atoms with Crippen molar-refractivity contribution in [3.8, 4) is 0 Å². The van der Waals surface area contributed by atoms with Crippen molar-refractivity contribution in [3.05, 3.63) is 11.4 Å². The first-order valence-corrected chi connectivity index (χ1v) is 9.38. The topological polar surface area (TPSA) is 83.1 Å². The van der Waals surface area contributed by atoms with Gasteiger partial charge in [0, 0.05) is 23.3 Å². The van der Waals surface area contributed by atoms with Crippen molar-refractivity contribution in [2.75, 3.05) is 6.54 Å². The fourth-order valence-corrected chi connectivity index (χ4v) is 4.04. The summed E-state index contributed by atoms with van der Waals surface area (Å²) < 4.78 is 23.7. The number of aromatic nitrogens is 2. The Balaban J connectivity index is 2.46. The van der Waals surface area contributed by atoms with Gasteiger partial charge in [0.15, 0.2) is 5.69 Å². The molecule has 2 rings (SSSR count). The fraction of sp³-hybridized carbons (Fsp3) is 0.692. The molecule has 118 valence electrons. The molecule has 2 heterocycles. The van der Waals surface area contributed by atoms with E-state index >= 15 is 0 Å². The number of hydrogen-bond acceptors (Lipinski definition) is 4. The predicted molar refractivity (Wildman–Crippen MR) is 80.1 cm³/mol. The van der Waals surface area contributed by atoms with Gasteiger partial charge in [-0.1, -0.05) is 13.8 Å². The van der Waals surface area contributed by atoms with E-state index in [0.717, 1.165) is 19.3 Å². The second-order valence-electron chi connectivity index (χ2n) is 5.75. The minimum atomic E-state index is -4.04. The minimum absolute atomic E-state index is 0.0799. The van der Waals surface area contributed by atoms with Crippen LogP contribution in [0.15, 0.2) is 4.90 Å². The molecule has 1 aliphatic heterocycles. The molecule has 8 heteroatoms. The maximum absolute atomic E-state index is 12.6. The van der Waals surface area contributed by atoms with Gasteiger partial charge in [-0.05, 0) is 32.1 Å². The summed E-state index contributed by atoms with van der Waals surface area (Å²) >= 11 is 0. The Labute approximate surface area is 129 Å². The third-order valence-electron chi connectivity index (χ3n) is 3.84. The van der Waals surface area contributed by atoms with E-state index < -0.39 is 9.05 Å². The molecule has 1 aliphatic rings. The zero-order chi connectivity index (χ0) is 15.8. The summed E-state index contributed by atoms with van der Waals surface area (Å²) in [6.45, 7) is 6.21. The summed E-state index contributed by atoms with van der Waals surface area (Å²) in [7, 11) is 1.48. The quantitative estimate of drug-likeness (QED) is 0.861. The molecule has 1 saturated heterocycles. The van der Waals surface area contributed by atoms with Crippen LogP contribution in [0.3, 0.4) is 0 Å². The monoisotopic (exact) mass is 333 g/mol. The molecule has 0 bridgehead atoms. The number of halogens is 1. The number of hydrogen-bond donors (Lipinski definition) is 1. The second-order valence-corrected chi connectivity index (χ2v) is 8.25. The lowest BCUT2D eigenvalue weighted by molar-refractivity contribution is 0.0625. The van der Waals surface area contributed by atoms with Gasteiger partial charge in [-0.2, -0.15) is 5.10 Å². The molecule has 1 fully saturated rings. The van der Waals surface area contributed by atoms with Gasteiger partial charge in [0.2, 0.25) is 0 Å². The third kappa shape index (κ3) is 3.23. The Morgan fingerprint density at radius 1 is 1.43 bits per heavy atom. The molecule has 0 aromatic carbocycles. The molecule has 0 radical (unpaired) electrons. The van der Waals surface area contributed by atoms with Crippen molar-refractivity contribution in [2.45, 2.75) is 56.9 Å². The fourth-order valence-electron chi connectivity index (χ4n) is 2.66. The standard InChI is InChI=1S/C13H20ClN3O3S/c1-8(2)10-12(21(14,19)20)11(16-15-10)13(18)17-7-5-4-6-9(17)3/h8-9H,4-7H2,1-3H3,(H,15,16). The molecule has 1 N–H and O–H groups in total. The van der Waals surface area contributed by atoms with Gasteiger partial charge in [0.05, 0.1) is 5.69 Å². The number of nitrogens with one attached hydrogen (secondary N) is 1. The smallest absolute Gasteiger partial charge is 0.276 e. The number of aromatic amines is 1. The van der Waals surface area contributed by atoms with Gasteiger partial charge in [-0.25, -0.2) is 8.42 Å². The van der Waals surface area contributed by atoms with E-state index in [4.69, 9.17) is 10.7 Å². The van der Waals surface area contributed by atoms with Gasteiger partial charge in [0.25, 0.3) is 15.0 Å². The Bertz CT molecular complexity index is 639. The summed E-state index contributed by atoms with van der Waals surface area (Å²) in [6.07, 6.45) is 2.90. The first-order chi connectivity index (χ1) is 9.73. The molecule has 0 spiro atoms. The summed E-state index contributed by atoms with van der Waals surface area (Å²) in [5.41, 5.74) is 0.278. The summed E-state index contributed by atoms with van der Waals surface area (Å²) in [6, 6.07) is 0.0799. The second kappa shape index (κ2) is 5.96. The summed E-state index contributed by atoms with van der Waals surface area (Å²) in [4.78, 5) is 14.1. The van der Waals surface area contributed by atoms with E-state index in [1.165, 1.54) is 0 Å². The highest BCUT2D eigenvalue weighted by Crippen LogP contribution is 2.29. The lowest BCUT2D eigenvalue weighted by Gasteiger charge is -2.33. The molecular weight excluding hydrogens is 314 g/mol. The third-order valence-corrected chi connectivity index (χ3v) is 5.20. The van der Waals surface area contributed by atoms with E-state index in [2.05, 4.69) is 10.2 Å². The van der Waals surface area contributed by atoms with Crippen molar-refractivity contribution in [2.24, 2.45) is 0 Å². The van der Waals surface area contributed by atoms with Crippen LogP contribution in [0, 0.1) is 0 Å². The van der Waals surface area contributed by atoms with Gasteiger partial charge < -0.3 is 4.90 Å². The maximum Gasteiger partial charge on any atom is 0.276 e. The van der Waals surface area contributed by atoms with Crippen LogP contribution in [0.1, 0.15) is 62.1 Å². The van der Waals surface area contributed by atoms with E-state index in [0.29, 0.717) is 12.2 Å². The van der Waals surface area contributed by atoms with Gasteiger partial charge >= 0.3 is 0 Å². The molecule has 1 aromatic heterocycles. The lowest BCUT2D eigenvalue weighted by atomic mass is 10.0. The van der Waals surface area contributed by atoms with Crippen molar-refractivity contribution in [1.29, 1.82) is 0 Å². The molecule has 6 nitrogen and oxygen atoms in total. The first kappa shape index (κ1) is 16.3. The molecule has 1 aromatic rings. The maximum atomic E-state index is 12.6. The largest absolute Gasteiger partial charge is 0.335 e. The molecule has 1 amide bonds. The highest BCUT2D eigenvalue weighted by Gasteiger charge is 2.34. The Kier molecular flexibility index (Phi) is 4.63. The Morgan fingerprint density at radius 2 is 2.10 bits per heavy atom. The molecular formula is C13H20ClN3O3S. The number of nitrogens with zero attached hydrogens (tertiary/aromatic N) is 2. The van der Waals surface area contributed by atoms with Crippen LogP contribution in [0.25, 0.3) is 0 Å². The molecule has 21 heavy (non-hydrogen) atoms. The first-order valence-electron chi connectivity index (χ1n) is 7.07. The zero-order valence-electron chi connectivity index (χ0n) is 12.4. The van der Waals surface area contributed by atoms with Crippen LogP contribution in [0.5, 0.6) is 0 Å². The van der Waals surface area contributed by atoms with Crippen LogP contribution >= 0.6 is 10.7 Å². The van der Waals surface area contributed by atoms with Crippen molar-refractivity contribution < 1.29 is 13.2 Å². The average molecular weight is 334 g/mol. The van der Waals surface area contributed by atoms with Crippen LogP contribution in [-0.4, -0.2) is 42.0 Å². The van der Waals surface area contributed by atoms with E-state index in [-0.39, 0.29) is 28.5 Å². The number of amides is 1. The number of rotatable bonds is 3. The van der Waals surface area contributed by atoms with Crippen LogP contribution in [-0.2, 0) is 9.05 Å². The van der Waals surface area contributed by atoms with E-state index in [9.17, 15) is 13.2 Å². The molecule has 0 aliphatic carbocycles. The molecule has 1 atom stereocenters. The van der Waals surface area contributed by atoms with Gasteiger partial charge in [0.1, 0.15) is 4.90 Å². The Morgan fingerprint density at radius 3 is 2.62 bits per heavy atom. The number of carbonyl (C=O) groups excluding carboxylic acids is 1. The Hall–Kier alpha value is -1.08. The van der Waals surface area contributed by atoms with E-state index in [1.807, 2.05) is 20.8 Å². The van der Waals surface area contributed by atoms with Gasteiger partial charge in [-0.3, -0.25) is 9.89 Å². The zero-order valence-corrected chi connectivity index (χ0v) is 14.0. The summed E-state index contributed by atoms with van der Waals surface area (Å²) in [5, 5.41) is 6.59. The lowest BCUT2D eigenvalue weighted by Crippen LogP contribution is -2.42. The number of carbonyl (C=O) groups is 1. The molecule has 0 saturated carbocycles. The van der Waals surface area contributed by atoms with E-state index in [1.54, 1.807) is 4.90 Å². The highest BCUT2D eigenvalue weighted by molar-refractivity contribution is 8.13. The van der Waals surface area contributed by atoms with Crippen LogP contribution in [0.4, 0.5) is 0 Å². The molecule has 1 unspecified atom stereocenters. The highest BCUT2D eigenvalue weighted by atomic mass is 35.7. The summed E-state index contributed by atoms with van der Waals surface area (Å²) in [5.74, 6) is -0.495. The minimum Gasteiger partial charge on any atom is -0.335 e.